The number of nitrogens with one attached hydrogen (secondary N) is 1. The zero-order chi connectivity index (χ0) is 15.3. The fourth-order valence-corrected chi connectivity index (χ4v) is 1.78. The summed E-state index contributed by atoms with van der Waals surface area (Å²) in [5.74, 6) is -2.81. The van der Waals surface area contributed by atoms with E-state index in [4.69, 9.17) is 5.26 Å². The fraction of sp³-hybridized carbons (Fsp3) is 0.467. The topological polar surface area (TPSA) is 52.9 Å². The lowest BCUT2D eigenvalue weighted by Gasteiger charge is -2.14. The number of carbonyl (C=O) groups excluding carboxylic acids is 1. The Morgan fingerprint density at radius 1 is 1.35 bits per heavy atom. The first kappa shape index (κ1) is 16.1. The lowest BCUT2D eigenvalue weighted by molar-refractivity contribution is 0.0927. The number of rotatable bonds is 3. The van der Waals surface area contributed by atoms with Crippen molar-refractivity contribution >= 4 is 5.91 Å². The van der Waals surface area contributed by atoms with Crippen molar-refractivity contribution < 1.29 is 13.6 Å². The molecule has 0 aromatic heterocycles. The average Bonchev–Trinajstić information content (AvgIpc) is 3.18. The van der Waals surface area contributed by atoms with Gasteiger partial charge in [0.05, 0.1) is 23.6 Å². The lowest BCUT2D eigenvalue weighted by Crippen LogP contribution is -2.37. The van der Waals surface area contributed by atoms with Crippen LogP contribution in [0.4, 0.5) is 8.78 Å². The van der Waals surface area contributed by atoms with Crippen molar-refractivity contribution in [2.75, 3.05) is 0 Å². The first-order valence-electron chi connectivity index (χ1n) is 6.63. The molecule has 20 heavy (non-hydrogen) atoms. The van der Waals surface area contributed by atoms with E-state index in [1.54, 1.807) is 0 Å². The number of nitrogens with zero attached hydrogens (tertiary/aromatic N) is 1. The van der Waals surface area contributed by atoms with Gasteiger partial charge >= 0.3 is 0 Å². The summed E-state index contributed by atoms with van der Waals surface area (Å²) in [5.41, 5.74) is -0.705. The highest BCUT2D eigenvalue weighted by Crippen LogP contribution is 2.38. The van der Waals surface area contributed by atoms with Gasteiger partial charge in [-0.05, 0) is 31.4 Å². The summed E-state index contributed by atoms with van der Waals surface area (Å²) < 4.78 is 26.9. The molecule has 108 valence electrons. The van der Waals surface area contributed by atoms with E-state index in [0.717, 1.165) is 0 Å². The van der Waals surface area contributed by atoms with E-state index in [9.17, 15) is 13.6 Å². The van der Waals surface area contributed by atoms with Crippen LogP contribution < -0.4 is 5.32 Å². The van der Waals surface area contributed by atoms with Gasteiger partial charge in [-0.2, -0.15) is 5.26 Å². The molecule has 0 atom stereocenters. The molecule has 1 fully saturated rings. The summed E-state index contributed by atoms with van der Waals surface area (Å²) in [4.78, 5) is 11.8. The molecule has 0 heterocycles. The molecule has 1 aliphatic rings. The minimum atomic E-state index is -1.14. The predicted molar refractivity (Wildman–Crippen MR) is 72.1 cm³/mol. The van der Waals surface area contributed by atoms with Crippen LogP contribution in [0, 0.1) is 29.9 Å². The number of benzene rings is 1. The van der Waals surface area contributed by atoms with Gasteiger partial charge in [0.2, 0.25) is 0 Å². The van der Waals surface area contributed by atoms with E-state index in [1.165, 1.54) is 19.1 Å². The van der Waals surface area contributed by atoms with E-state index in [2.05, 4.69) is 5.32 Å². The number of carbonyl (C=O) groups is 1. The molecule has 0 saturated heterocycles. The number of hydrogen-bond acceptors (Lipinski definition) is 2. The summed E-state index contributed by atoms with van der Waals surface area (Å²) in [6.07, 6.45) is 1.58. The van der Waals surface area contributed by atoms with Crippen molar-refractivity contribution in [3.05, 3.63) is 34.9 Å². The average molecular weight is 280 g/mol. The Balaban J connectivity index is 0.000000956. The van der Waals surface area contributed by atoms with Crippen molar-refractivity contribution in [3.63, 3.8) is 0 Å². The maximum atomic E-state index is 13.6. The van der Waals surface area contributed by atoms with E-state index in [0.29, 0.717) is 12.8 Å². The summed E-state index contributed by atoms with van der Waals surface area (Å²) >= 11 is 0. The van der Waals surface area contributed by atoms with E-state index in [1.807, 2.05) is 19.9 Å². The number of hydrogen-bond donors (Lipinski definition) is 1. The zero-order valence-corrected chi connectivity index (χ0v) is 11.9. The third-order valence-electron chi connectivity index (χ3n) is 3.17. The molecule has 0 radical (unpaired) electrons. The van der Waals surface area contributed by atoms with Gasteiger partial charge in [0, 0.05) is 0 Å². The Labute approximate surface area is 117 Å². The first-order valence-corrected chi connectivity index (χ1v) is 6.63. The minimum absolute atomic E-state index is 0.155. The highest BCUT2D eigenvalue weighted by molar-refractivity contribution is 5.95. The normalized spacial score (nSPS) is 14.6. The molecule has 1 amide bonds. The molecule has 3 nitrogen and oxygen atoms in total. The van der Waals surface area contributed by atoms with E-state index < -0.39 is 23.1 Å². The SMILES string of the molecule is CC.Cc1ccc(C(=O)NC2(CC#N)CC2)c(F)c1F. The Hall–Kier alpha value is -1.96. The molecule has 1 aromatic rings. The molecule has 1 aromatic carbocycles. The van der Waals surface area contributed by atoms with E-state index >= 15 is 0 Å². The van der Waals surface area contributed by atoms with Crippen molar-refractivity contribution in [2.24, 2.45) is 0 Å². The molecule has 1 aliphatic carbocycles. The van der Waals surface area contributed by atoms with Crippen LogP contribution in [0.2, 0.25) is 0 Å². The highest BCUT2D eigenvalue weighted by atomic mass is 19.2. The Morgan fingerprint density at radius 2 is 1.95 bits per heavy atom. The standard InChI is InChI=1S/C13H12F2N2O.C2H6/c1-8-2-3-9(11(15)10(8)14)12(18)17-13(4-5-13)6-7-16;1-2/h2-3H,4-6H2,1H3,(H,17,18);1-2H3. The minimum Gasteiger partial charge on any atom is -0.345 e. The molecular weight excluding hydrogens is 262 g/mol. The molecule has 0 aliphatic heterocycles. The van der Waals surface area contributed by atoms with Gasteiger partial charge in [-0.3, -0.25) is 4.79 Å². The number of amides is 1. The summed E-state index contributed by atoms with van der Waals surface area (Å²) in [6.45, 7) is 5.43. The second-order valence-electron chi connectivity index (χ2n) is 4.63. The van der Waals surface area contributed by atoms with Gasteiger partial charge in [-0.1, -0.05) is 19.9 Å². The monoisotopic (exact) mass is 280 g/mol. The van der Waals surface area contributed by atoms with Crippen LogP contribution in [0.3, 0.4) is 0 Å². The predicted octanol–water partition coefficient (Wildman–Crippen LogP) is 3.48. The van der Waals surface area contributed by atoms with E-state index in [-0.39, 0.29) is 17.5 Å². The quantitative estimate of drug-likeness (QED) is 0.921. The Morgan fingerprint density at radius 3 is 2.45 bits per heavy atom. The smallest absolute Gasteiger partial charge is 0.254 e. The third kappa shape index (κ3) is 3.32. The molecule has 0 spiro atoms. The second kappa shape index (κ2) is 6.47. The number of aryl methyl sites for hydroxylation is 1. The van der Waals surface area contributed by atoms with Crippen LogP contribution >= 0.6 is 0 Å². The van der Waals surface area contributed by atoms with Gasteiger partial charge in [0.15, 0.2) is 11.6 Å². The molecule has 0 bridgehead atoms. The molecule has 5 heteroatoms. The molecular formula is C15H18F2N2O. The zero-order valence-electron chi connectivity index (χ0n) is 11.9. The van der Waals surface area contributed by atoms with Gasteiger partial charge < -0.3 is 5.32 Å². The summed E-state index contributed by atoms with van der Waals surface area (Å²) in [7, 11) is 0. The third-order valence-corrected chi connectivity index (χ3v) is 3.17. The van der Waals surface area contributed by atoms with Gasteiger partial charge in [-0.15, -0.1) is 0 Å². The first-order chi connectivity index (χ1) is 9.49. The highest BCUT2D eigenvalue weighted by Gasteiger charge is 2.44. The second-order valence-corrected chi connectivity index (χ2v) is 4.63. The van der Waals surface area contributed by atoms with Gasteiger partial charge in [0.25, 0.3) is 5.91 Å². The van der Waals surface area contributed by atoms with Crippen molar-refractivity contribution in [3.8, 4) is 6.07 Å². The lowest BCUT2D eigenvalue weighted by atomic mass is 10.1. The van der Waals surface area contributed by atoms with Crippen LogP contribution in [0.5, 0.6) is 0 Å². The number of nitriles is 1. The Bertz CT molecular complexity index is 546. The van der Waals surface area contributed by atoms with Crippen molar-refractivity contribution in [1.29, 1.82) is 5.26 Å². The summed E-state index contributed by atoms with van der Waals surface area (Å²) in [6, 6.07) is 4.59. The van der Waals surface area contributed by atoms with Crippen molar-refractivity contribution in [1.82, 2.24) is 5.32 Å². The van der Waals surface area contributed by atoms with Crippen LogP contribution in [0.25, 0.3) is 0 Å². The van der Waals surface area contributed by atoms with Crippen LogP contribution in [-0.2, 0) is 0 Å². The maximum Gasteiger partial charge on any atom is 0.254 e. The molecule has 0 unspecified atom stereocenters. The van der Waals surface area contributed by atoms with Crippen LogP contribution in [0.15, 0.2) is 12.1 Å². The summed E-state index contributed by atoms with van der Waals surface area (Å²) in [5, 5.41) is 11.2. The Kier molecular flexibility index (Phi) is 5.20. The largest absolute Gasteiger partial charge is 0.345 e. The van der Waals surface area contributed by atoms with Gasteiger partial charge in [0.1, 0.15) is 0 Å². The molecule has 1 saturated carbocycles. The van der Waals surface area contributed by atoms with Crippen LogP contribution in [0.1, 0.15) is 49.0 Å². The molecule has 2 rings (SSSR count). The fourth-order valence-electron chi connectivity index (χ4n) is 1.78. The van der Waals surface area contributed by atoms with Gasteiger partial charge in [-0.25, -0.2) is 8.78 Å². The maximum absolute atomic E-state index is 13.6. The molecule has 1 N–H and O–H groups in total. The van der Waals surface area contributed by atoms with Crippen molar-refractivity contribution in [2.45, 2.75) is 45.6 Å². The number of halogens is 2. The van der Waals surface area contributed by atoms with Crippen LogP contribution in [-0.4, -0.2) is 11.4 Å².